The molecule has 0 saturated heterocycles. The van der Waals surface area contributed by atoms with Gasteiger partial charge in [0, 0.05) is 29.2 Å². The lowest BCUT2D eigenvalue weighted by molar-refractivity contribution is 0.496. The number of H-pyrrole nitrogens is 1. The summed E-state index contributed by atoms with van der Waals surface area (Å²) in [6.07, 6.45) is 5.75. The second-order valence-electron chi connectivity index (χ2n) is 8.46. The summed E-state index contributed by atoms with van der Waals surface area (Å²) in [6, 6.07) is 12.4. The fourth-order valence-corrected chi connectivity index (χ4v) is 4.30. The second-order valence-corrected chi connectivity index (χ2v) is 8.46. The third-order valence-corrected chi connectivity index (χ3v) is 6.31. The number of hydrogen-bond acceptors (Lipinski definition) is 5. The van der Waals surface area contributed by atoms with Gasteiger partial charge < -0.3 is 0 Å². The number of aromatic nitrogens is 7. The second kappa shape index (κ2) is 9.94. The molecule has 4 aromatic rings. The van der Waals surface area contributed by atoms with Crippen molar-refractivity contribution in [2.45, 2.75) is 66.0 Å². The number of tetrazole rings is 1. The SMILES string of the molecule is CCCCc1c(C)n(C(C)CC)c(=O)n1Cc1ccc(-c2cccnc2-c2nn[nH]n2)cc1. The Morgan fingerprint density at radius 2 is 1.91 bits per heavy atom. The normalized spacial score (nSPS) is 12.2. The molecule has 3 heterocycles. The number of hydrogen-bond donors (Lipinski definition) is 1. The van der Waals surface area contributed by atoms with E-state index in [0.29, 0.717) is 18.1 Å². The number of imidazole rings is 1. The fraction of sp³-hybridized carbons (Fsp3) is 0.400. The van der Waals surface area contributed by atoms with Gasteiger partial charge in [-0.15, -0.1) is 10.2 Å². The molecule has 1 aromatic carbocycles. The summed E-state index contributed by atoms with van der Waals surface area (Å²) in [4.78, 5) is 17.8. The Balaban J connectivity index is 1.67. The minimum Gasteiger partial charge on any atom is -0.294 e. The number of nitrogens with one attached hydrogen (secondary N) is 1. The van der Waals surface area contributed by atoms with Gasteiger partial charge in [-0.05, 0) is 55.5 Å². The van der Waals surface area contributed by atoms with E-state index in [1.807, 2.05) is 21.3 Å². The van der Waals surface area contributed by atoms with Gasteiger partial charge in [0.15, 0.2) is 0 Å². The van der Waals surface area contributed by atoms with Crippen LogP contribution >= 0.6 is 0 Å². The number of benzene rings is 1. The first-order valence-electron chi connectivity index (χ1n) is 11.6. The highest BCUT2D eigenvalue weighted by Crippen LogP contribution is 2.28. The minimum absolute atomic E-state index is 0.0867. The van der Waals surface area contributed by atoms with E-state index in [-0.39, 0.29) is 11.7 Å². The zero-order valence-electron chi connectivity index (χ0n) is 19.7. The summed E-state index contributed by atoms with van der Waals surface area (Å²) in [5, 5.41) is 14.3. The summed E-state index contributed by atoms with van der Waals surface area (Å²) in [7, 11) is 0. The highest BCUT2D eigenvalue weighted by molar-refractivity contribution is 5.77. The molecule has 0 radical (unpaired) electrons. The lowest BCUT2D eigenvalue weighted by atomic mass is 10.0. The van der Waals surface area contributed by atoms with Crippen LogP contribution < -0.4 is 5.69 Å². The van der Waals surface area contributed by atoms with Crippen molar-refractivity contribution in [1.29, 1.82) is 0 Å². The fourth-order valence-electron chi connectivity index (χ4n) is 4.30. The third-order valence-electron chi connectivity index (χ3n) is 6.31. The molecule has 172 valence electrons. The van der Waals surface area contributed by atoms with Crippen LogP contribution in [0.1, 0.15) is 63.0 Å². The molecule has 8 nitrogen and oxygen atoms in total. The van der Waals surface area contributed by atoms with Gasteiger partial charge in [-0.25, -0.2) is 4.79 Å². The van der Waals surface area contributed by atoms with Crippen molar-refractivity contribution in [3.8, 4) is 22.6 Å². The summed E-state index contributed by atoms with van der Waals surface area (Å²) in [5.74, 6) is 0.462. The van der Waals surface area contributed by atoms with Crippen LogP contribution in [0.3, 0.4) is 0 Å². The third kappa shape index (κ3) is 4.51. The van der Waals surface area contributed by atoms with Gasteiger partial charge in [-0.2, -0.15) is 5.21 Å². The van der Waals surface area contributed by atoms with Gasteiger partial charge in [0.2, 0.25) is 5.82 Å². The van der Waals surface area contributed by atoms with Crippen molar-refractivity contribution < 1.29 is 0 Å². The van der Waals surface area contributed by atoms with Gasteiger partial charge in [-0.1, -0.05) is 50.6 Å². The minimum atomic E-state index is 0.0867. The van der Waals surface area contributed by atoms with Crippen LogP contribution in [0.4, 0.5) is 0 Å². The van der Waals surface area contributed by atoms with E-state index in [4.69, 9.17) is 0 Å². The van der Waals surface area contributed by atoms with E-state index in [0.717, 1.165) is 53.8 Å². The average molecular weight is 446 g/mol. The molecular weight excluding hydrogens is 414 g/mol. The Morgan fingerprint density at radius 1 is 1.12 bits per heavy atom. The lowest BCUT2D eigenvalue weighted by Crippen LogP contribution is -2.27. The van der Waals surface area contributed by atoms with Crippen LogP contribution in [0, 0.1) is 6.92 Å². The Hall–Kier alpha value is -3.55. The molecule has 3 aromatic heterocycles. The molecule has 0 bridgehead atoms. The number of nitrogens with zero attached hydrogens (tertiary/aromatic N) is 6. The number of unbranched alkanes of at least 4 members (excludes halogenated alkanes) is 1. The standard InChI is InChI=1S/C25H31N7O/c1-5-7-10-22-18(4)32(17(3)6-2)25(33)31(22)16-19-11-13-20(14-12-19)21-9-8-15-26-23(21)24-27-29-30-28-24/h8-9,11-15,17H,5-7,10,16H2,1-4H3,(H,27,28,29,30). The Labute approximate surface area is 193 Å². The lowest BCUT2D eigenvalue weighted by Gasteiger charge is -2.11. The monoisotopic (exact) mass is 445 g/mol. The van der Waals surface area contributed by atoms with Crippen LogP contribution in [0.2, 0.25) is 0 Å². The van der Waals surface area contributed by atoms with Gasteiger partial charge in [0.25, 0.3) is 0 Å². The Morgan fingerprint density at radius 3 is 2.58 bits per heavy atom. The molecular formula is C25H31N7O. The van der Waals surface area contributed by atoms with E-state index < -0.39 is 0 Å². The first-order chi connectivity index (χ1) is 16.0. The van der Waals surface area contributed by atoms with E-state index in [9.17, 15) is 4.79 Å². The summed E-state index contributed by atoms with van der Waals surface area (Å²) in [5.41, 5.74) is 6.05. The molecule has 0 aliphatic rings. The molecule has 4 rings (SSSR count). The molecule has 33 heavy (non-hydrogen) atoms. The summed E-state index contributed by atoms with van der Waals surface area (Å²) >= 11 is 0. The van der Waals surface area contributed by atoms with Crippen molar-refractivity contribution in [3.63, 3.8) is 0 Å². The predicted molar refractivity (Wildman–Crippen MR) is 129 cm³/mol. The van der Waals surface area contributed by atoms with Crippen LogP contribution in [0.15, 0.2) is 47.4 Å². The highest BCUT2D eigenvalue weighted by atomic mass is 16.1. The smallest absolute Gasteiger partial charge is 0.294 e. The van der Waals surface area contributed by atoms with Crippen LogP contribution in [-0.2, 0) is 13.0 Å². The molecule has 0 saturated carbocycles. The number of pyridine rings is 1. The molecule has 0 amide bonds. The van der Waals surface area contributed by atoms with Crippen LogP contribution in [0.5, 0.6) is 0 Å². The maximum Gasteiger partial charge on any atom is 0.329 e. The van der Waals surface area contributed by atoms with E-state index >= 15 is 0 Å². The molecule has 0 spiro atoms. The Kier molecular flexibility index (Phi) is 6.82. The molecule has 1 N–H and O–H groups in total. The number of rotatable bonds is 9. The van der Waals surface area contributed by atoms with Gasteiger partial charge in [0.1, 0.15) is 5.69 Å². The topological polar surface area (TPSA) is 94.3 Å². The van der Waals surface area contributed by atoms with Gasteiger partial charge in [-0.3, -0.25) is 14.1 Å². The van der Waals surface area contributed by atoms with Crippen molar-refractivity contribution in [1.82, 2.24) is 34.7 Å². The molecule has 8 heteroatoms. The first-order valence-corrected chi connectivity index (χ1v) is 11.6. The average Bonchev–Trinajstić information content (AvgIpc) is 3.45. The number of aromatic amines is 1. The van der Waals surface area contributed by atoms with E-state index in [1.165, 1.54) is 0 Å². The van der Waals surface area contributed by atoms with E-state index in [1.54, 1.807) is 6.20 Å². The quantitative estimate of drug-likeness (QED) is 0.407. The molecule has 0 aliphatic carbocycles. The summed E-state index contributed by atoms with van der Waals surface area (Å²) in [6.45, 7) is 9.07. The zero-order valence-corrected chi connectivity index (χ0v) is 19.7. The Bertz CT molecular complexity index is 1250. The highest BCUT2D eigenvalue weighted by Gasteiger charge is 2.19. The van der Waals surface area contributed by atoms with Crippen molar-refractivity contribution in [3.05, 3.63) is 70.0 Å². The largest absolute Gasteiger partial charge is 0.329 e. The van der Waals surface area contributed by atoms with Gasteiger partial charge in [0.05, 0.1) is 6.54 Å². The summed E-state index contributed by atoms with van der Waals surface area (Å²) < 4.78 is 3.92. The zero-order chi connectivity index (χ0) is 23.4. The van der Waals surface area contributed by atoms with Crippen molar-refractivity contribution >= 4 is 0 Å². The van der Waals surface area contributed by atoms with E-state index in [2.05, 4.69) is 77.6 Å². The molecule has 0 aliphatic heterocycles. The molecule has 1 atom stereocenters. The first kappa shape index (κ1) is 22.6. The molecule has 0 fully saturated rings. The predicted octanol–water partition coefficient (Wildman–Crippen LogP) is 4.56. The van der Waals surface area contributed by atoms with Crippen molar-refractivity contribution in [2.75, 3.05) is 0 Å². The van der Waals surface area contributed by atoms with Crippen LogP contribution in [0.25, 0.3) is 22.6 Å². The van der Waals surface area contributed by atoms with Crippen LogP contribution in [-0.4, -0.2) is 34.7 Å². The maximum atomic E-state index is 13.3. The maximum absolute atomic E-state index is 13.3. The molecule has 1 unspecified atom stereocenters. The van der Waals surface area contributed by atoms with Gasteiger partial charge >= 0.3 is 5.69 Å². The van der Waals surface area contributed by atoms with Crippen molar-refractivity contribution in [2.24, 2.45) is 0 Å².